The summed E-state index contributed by atoms with van der Waals surface area (Å²) >= 11 is 6.54. The van der Waals surface area contributed by atoms with Gasteiger partial charge in [-0.1, -0.05) is 81.4 Å². The van der Waals surface area contributed by atoms with Crippen LogP contribution in [0.2, 0.25) is 5.04 Å². The van der Waals surface area contributed by atoms with Gasteiger partial charge in [0.2, 0.25) is 0 Å². The predicted octanol–water partition coefficient (Wildman–Crippen LogP) is 3.81. The van der Waals surface area contributed by atoms with Crippen LogP contribution in [0.3, 0.4) is 0 Å². The molecule has 238 valence electrons. The molecule has 44 heavy (non-hydrogen) atoms. The number of aliphatic imine (C=N–C) groups is 2. The van der Waals surface area contributed by atoms with E-state index < -0.39 is 8.32 Å². The first-order chi connectivity index (χ1) is 21.4. The summed E-state index contributed by atoms with van der Waals surface area (Å²) in [7, 11) is -2.57. The van der Waals surface area contributed by atoms with Crippen molar-refractivity contribution in [3.63, 3.8) is 0 Å². The maximum atomic E-state index is 7.25. The van der Waals surface area contributed by atoms with E-state index in [1.54, 1.807) is 0 Å². The van der Waals surface area contributed by atoms with Crippen molar-refractivity contribution in [3.05, 3.63) is 60.7 Å². The standard InChI is InChI=1S/C34H50N6OS2Si/c1-34(2,3)44(30-10-6-4-7-11-30,31-12-8-5-9-13-31)41-22-26-14-18-39-20-16-28(37-32(39)35-26)24-43-25-29-17-21-40-19-15-27(23-42)36-33(40)38-29/h4-13,26-29,42H,14-25H2,1-3H3,(H,35,37)(H,36,38)/t26-,27-,28-,29-/m1/s1. The molecule has 0 aromatic heterocycles. The monoisotopic (exact) mass is 650 g/mol. The third kappa shape index (κ3) is 6.98. The van der Waals surface area contributed by atoms with Crippen molar-refractivity contribution < 1.29 is 4.43 Å². The van der Waals surface area contributed by atoms with E-state index in [9.17, 15) is 0 Å². The fourth-order valence-electron chi connectivity index (χ4n) is 7.12. The number of hydrogen-bond acceptors (Lipinski definition) is 9. The molecule has 2 aromatic rings. The molecule has 2 fully saturated rings. The highest BCUT2D eigenvalue weighted by Crippen LogP contribution is 2.37. The van der Waals surface area contributed by atoms with E-state index in [4.69, 9.17) is 14.4 Å². The van der Waals surface area contributed by atoms with Crippen LogP contribution in [0.15, 0.2) is 70.6 Å². The summed E-state index contributed by atoms with van der Waals surface area (Å²) in [6.45, 7) is 12.0. The highest BCUT2D eigenvalue weighted by Gasteiger charge is 2.50. The first kappa shape index (κ1) is 31.8. The Balaban J connectivity index is 1.07. The highest BCUT2D eigenvalue weighted by atomic mass is 32.2. The maximum Gasteiger partial charge on any atom is 0.261 e. The maximum absolute atomic E-state index is 7.25. The fourth-order valence-corrected chi connectivity index (χ4v) is 13.2. The molecule has 4 heterocycles. The van der Waals surface area contributed by atoms with E-state index >= 15 is 0 Å². The first-order valence-corrected chi connectivity index (χ1v) is 20.2. The van der Waals surface area contributed by atoms with Crippen molar-refractivity contribution in [2.45, 2.75) is 75.7 Å². The lowest BCUT2D eigenvalue weighted by atomic mass is 10.1. The summed E-state index contributed by atoms with van der Waals surface area (Å²) < 4.78 is 7.25. The molecular formula is C34H50N6OS2Si. The van der Waals surface area contributed by atoms with Gasteiger partial charge in [0.05, 0.1) is 18.7 Å². The number of nitrogens with zero attached hydrogens (tertiary/aromatic N) is 4. The summed E-state index contributed by atoms with van der Waals surface area (Å²) in [4.78, 5) is 15.0. The van der Waals surface area contributed by atoms with Gasteiger partial charge in [-0.3, -0.25) is 0 Å². The number of benzene rings is 2. The molecule has 7 nitrogen and oxygen atoms in total. The Morgan fingerprint density at radius 3 is 1.75 bits per heavy atom. The van der Waals surface area contributed by atoms with Crippen molar-refractivity contribution in [1.29, 1.82) is 0 Å². The zero-order valence-corrected chi connectivity index (χ0v) is 29.3. The van der Waals surface area contributed by atoms with Crippen LogP contribution in [-0.4, -0.2) is 104 Å². The molecule has 0 amide bonds. The molecule has 4 atom stereocenters. The minimum absolute atomic E-state index is 0.0294. The smallest absolute Gasteiger partial charge is 0.261 e. The van der Waals surface area contributed by atoms with Gasteiger partial charge in [0.25, 0.3) is 8.32 Å². The normalized spacial score (nSPS) is 25.6. The summed E-state index contributed by atoms with van der Waals surface area (Å²) in [6.07, 6.45) is 4.50. The Morgan fingerprint density at radius 2 is 1.25 bits per heavy atom. The van der Waals surface area contributed by atoms with Gasteiger partial charge >= 0.3 is 0 Å². The molecule has 4 aliphatic heterocycles. The van der Waals surface area contributed by atoms with Gasteiger partial charge in [0.15, 0.2) is 11.9 Å². The van der Waals surface area contributed by atoms with E-state index in [0.29, 0.717) is 24.7 Å². The zero-order valence-electron chi connectivity index (χ0n) is 26.6. The molecule has 2 saturated heterocycles. The second-order valence-corrected chi connectivity index (χ2v) is 19.5. The summed E-state index contributed by atoms with van der Waals surface area (Å²) in [5.41, 5.74) is 0. The molecule has 2 N–H and O–H groups in total. The molecule has 0 bridgehead atoms. The molecule has 10 heteroatoms. The van der Waals surface area contributed by atoms with E-state index in [1.165, 1.54) is 16.8 Å². The third-order valence-electron chi connectivity index (χ3n) is 9.59. The Bertz CT molecular complexity index is 1250. The minimum atomic E-state index is -2.57. The summed E-state index contributed by atoms with van der Waals surface area (Å²) in [5, 5.41) is 10.2. The molecule has 0 radical (unpaired) electrons. The van der Waals surface area contributed by atoms with E-state index in [2.05, 4.69) is 126 Å². The number of guanidine groups is 2. The summed E-state index contributed by atoms with van der Waals surface area (Å²) in [6, 6.07) is 23.3. The molecule has 0 spiro atoms. The number of thiol groups is 1. The van der Waals surface area contributed by atoms with Gasteiger partial charge in [-0.15, -0.1) is 0 Å². The SMILES string of the molecule is CC(C)(C)[Si](OC[C@H]1CCN2CC[C@H](CSC[C@H]3CCN4CC[C@H](CS)N=C4N3)NC2=N1)(c1ccccc1)c1ccccc1. The lowest BCUT2D eigenvalue weighted by molar-refractivity contribution is 0.233. The Labute approximate surface area is 275 Å². The first-order valence-electron chi connectivity index (χ1n) is 16.5. The molecule has 2 aromatic carbocycles. The van der Waals surface area contributed by atoms with Crippen LogP contribution < -0.4 is 21.0 Å². The minimum Gasteiger partial charge on any atom is -0.405 e. The van der Waals surface area contributed by atoms with Gasteiger partial charge in [-0.25, -0.2) is 9.98 Å². The Hall–Kier alpha value is -2.14. The molecule has 0 unspecified atom stereocenters. The van der Waals surface area contributed by atoms with E-state index in [0.717, 1.165) is 74.6 Å². The summed E-state index contributed by atoms with van der Waals surface area (Å²) in [5.74, 6) is 5.22. The van der Waals surface area contributed by atoms with Crippen molar-refractivity contribution in [2.24, 2.45) is 9.98 Å². The zero-order chi connectivity index (χ0) is 30.6. The van der Waals surface area contributed by atoms with Crippen molar-refractivity contribution in [3.8, 4) is 0 Å². The Morgan fingerprint density at radius 1 is 0.773 bits per heavy atom. The van der Waals surface area contributed by atoms with Crippen LogP contribution in [0.25, 0.3) is 0 Å². The van der Waals surface area contributed by atoms with Gasteiger partial charge in [-0.05, 0) is 41.1 Å². The molecular weight excluding hydrogens is 601 g/mol. The average molecular weight is 651 g/mol. The fraction of sp³-hybridized carbons (Fsp3) is 0.588. The van der Waals surface area contributed by atoms with Gasteiger partial charge in [-0.2, -0.15) is 24.4 Å². The topological polar surface area (TPSA) is 64.5 Å². The quantitative estimate of drug-likeness (QED) is 0.269. The van der Waals surface area contributed by atoms with Crippen molar-refractivity contribution in [2.75, 3.05) is 50.0 Å². The van der Waals surface area contributed by atoms with Crippen molar-refractivity contribution in [1.82, 2.24) is 20.4 Å². The number of rotatable bonds is 10. The average Bonchev–Trinajstić information content (AvgIpc) is 3.05. The van der Waals surface area contributed by atoms with E-state index in [-0.39, 0.29) is 11.1 Å². The van der Waals surface area contributed by atoms with E-state index in [1.807, 2.05) is 0 Å². The second kappa shape index (κ2) is 14.1. The van der Waals surface area contributed by atoms with Gasteiger partial charge in [0.1, 0.15) is 0 Å². The number of thioether (sulfide) groups is 1. The lowest BCUT2D eigenvalue weighted by Gasteiger charge is -2.44. The van der Waals surface area contributed by atoms with Crippen LogP contribution in [0, 0.1) is 0 Å². The molecule has 0 saturated carbocycles. The molecule has 0 aliphatic carbocycles. The van der Waals surface area contributed by atoms with Crippen LogP contribution in [0.1, 0.15) is 46.5 Å². The Kier molecular flexibility index (Phi) is 10.2. The number of nitrogens with one attached hydrogen (secondary N) is 2. The predicted molar refractivity (Wildman–Crippen MR) is 193 cm³/mol. The van der Waals surface area contributed by atoms with Crippen LogP contribution in [-0.2, 0) is 4.43 Å². The van der Waals surface area contributed by atoms with Crippen LogP contribution >= 0.6 is 24.4 Å². The third-order valence-corrected chi connectivity index (χ3v) is 16.3. The largest absolute Gasteiger partial charge is 0.405 e. The lowest BCUT2D eigenvalue weighted by Crippen LogP contribution is -2.67. The highest BCUT2D eigenvalue weighted by molar-refractivity contribution is 7.99. The van der Waals surface area contributed by atoms with Crippen molar-refractivity contribution >= 4 is 55.0 Å². The molecule has 6 rings (SSSR count). The van der Waals surface area contributed by atoms with Gasteiger partial charge < -0.3 is 24.9 Å². The second-order valence-electron chi connectivity index (χ2n) is 13.7. The van der Waals surface area contributed by atoms with Crippen LogP contribution in [0.4, 0.5) is 0 Å². The van der Waals surface area contributed by atoms with Gasteiger partial charge in [0, 0.05) is 55.5 Å². The van der Waals surface area contributed by atoms with Crippen LogP contribution in [0.5, 0.6) is 0 Å². The molecule has 4 aliphatic rings. The number of hydrogen-bond donors (Lipinski definition) is 3. The number of fused-ring (bicyclic) bond motifs is 2.